The molecule has 0 saturated heterocycles. The van der Waals surface area contributed by atoms with Crippen LogP contribution in [0.4, 0.5) is 0 Å². The van der Waals surface area contributed by atoms with Gasteiger partial charge in [-0.15, -0.1) is 0 Å². The Bertz CT molecular complexity index is 935. The van der Waals surface area contributed by atoms with Gasteiger partial charge in [-0.2, -0.15) is 5.10 Å². The second-order valence-electron chi connectivity index (χ2n) is 5.85. The zero-order valence-corrected chi connectivity index (χ0v) is 15.8. The molecule has 0 aliphatic heterocycles. The van der Waals surface area contributed by atoms with Gasteiger partial charge in [-0.05, 0) is 55.0 Å². The van der Waals surface area contributed by atoms with Crippen LogP contribution in [0.15, 0.2) is 48.8 Å². The number of H-pyrrole nitrogens is 1. The normalized spacial score (nSPS) is 10.6. The van der Waals surface area contributed by atoms with Crippen molar-refractivity contribution in [3.8, 4) is 17.1 Å². The summed E-state index contributed by atoms with van der Waals surface area (Å²) in [6, 6.07) is 11.4. The highest BCUT2D eigenvalue weighted by Gasteiger charge is 2.11. The fourth-order valence-corrected chi connectivity index (χ4v) is 2.84. The average Bonchev–Trinajstić information content (AvgIpc) is 3.07. The standard InChI is InChI=1S/C19H21N5O2S/c1-2-26-16-7-5-15(6-8-16)18-22-23-19(27)24(18)11-9-17(25)21-13-14-4-3-10-20-12-14/h3-8,10,12H,2,9,11,13H2,1H3,(H,21,25)(H,23,27). The first-order valence-electron chi connectivity index (χ1n) is 8.71. The number of carbonyl (C=O) groups is 1. The number of nitrogens with one attached hydrogen (secondary N) is 2. The predicted octanol–water partition coefficient (Wildman–Crippen LogP) is 3.11. The van der Waals surface area contributed by atoms with E-state index < -0.39 is 0 Å². The van der Waals surface area contributed by atoms with Crippen molar-refractivity contribution in [3.05, 3.63) is 59.1 Å². The molecule has 2 heterocycles. The molecule has 27 heavy (non-hydrogen) atoms. The van der Waals surface area contributed by atoms with Crippen molar-refractivity contribution in [3.63, 3.8) is 0 Å². The van der Waals surface area contributed by atoms with Crippen LogP contribution in [0.2, 0.25) is 0 Å². The van der Waals surface area contributed by atoms with Gasteiger partial charge in [-0.25, -0.2) is 0 Å². The molecule has 140 valence electrons. The lowest BCUT2D eigenvalue weighted by atomic mass is 10.2. The quantitative estimate of drug-likeness (QED) is 0.584. The van der Waals surface area contributed by atoms with Crippen LogP contribution >= 0.6 is 12.2 Å². The summed E-state index contributed by atoms with van der Waals surface area (Å²) in [6.45, 7) is 3.45. The summed E-state index contributed by atoms with van der Waals surface area (Å²) in [6.07, 6.45) is 3.74. The van der Waals surface area contributed by atoms with E-state index in [0.717, 1.165) is 16.9 Å². The number of aromatic nitrogens is 4. The molecule has 2 N–H and O–H groups in total. The van der Waals surface area contributed by atoms with Crippen LogP contribution in [-0.4, -0.2) is 32.3 Å². The minimum Gasteiger partial charge on any atom is -0.494 e. The van der Waals surface area contributed by atoms with Crippen LogP contribution in [0.25, 0.3) is 11.4 Å². The van der Waals surface area contributed by atoms with Crippen molar-refractivity contribution in [2.75, 3.05) is 6.61 Å². The molecule has 2 aromatic heterocycles. The number of rotatable bonds is 8. The van der Waals surface area contributed by atoms with E-state index in [4.69, 9.17) is 17.0 Å². The van der Waals surface area contributed by atoms with Crippen LogP contribution in [0.1, 0.15) is 18.9 Å². The Morgan fingerprint density at radius 3 is 2.81 bits per heavy atom. The Labute approximate surface area is 162 Å². The van der Waals surface area contributed by atoms with Crippen LogP contribution in [0.3, 0.4) is 0 Å². The van der Waals surface area contributed by atoms with Gasteiger partial charge in [0, 0.05) is 37.5 Å². The maximum atomic E-state index is 12.2. The first-order chi connectivity index (χ1) is 13.2. The van der Waals surface area contributed by atoms with Gasteiger partial charge in [-0.1, -0.05) is 6.07 Å². The predicted molar refractivity (Wildman–Crippen MR) is 105 cm³/mol. The van der Waals surface area contributed by atoms with Crippen LogP contribution < -0.4 is 10.1 Å². The minimum atomic E-state index is -0.0559. The Hall–Kier alpha value is -3.00. The van der Waals surface area contributed by atoms with E-state index in [-0.39, 0.29) is 5.91 Å². The number of hydrogen-bond acceptors (Lipinski definition) is 5. The third-order valence-corrected chi connectivity index (χ3v) is 4.27. The fraction of sp³-hybridized carbons (Fsp3) is 0.263. The minimum absolute atomic E-state index is 0.0559. The molecule has 3 rings (SSSR count). The Morgan fingerprint density at radius 2 is 2.11 bits per heavy atom. The van der Waals surface area contributed by atoms with Gasteiger partial charge in [0.15, 0.2) is 10.6 Å². The summed E-state index contributed by atoms with van der Waals surface area (Å²) < 4.78 is 7.77. The van der Waals surface area contributed by atoms with Crippen molar-refractivity contribution in [2.24, 2.45) is 0 Å². The largest absolute Gasteiger partial charge is 0.494 e. The van der Waals surface area contributed by atoms with E-state index in [1.54, 1.807) is 12.4 Å². The van der Waals surface area contributed by atoms with Gasteiger partial charge in [-0.3, -0.25) is 19.4 Å². The lowest BCUT2D eigenvalue weighted by Gasteiger charge is -2.09. The first-order valence-corrected chi connectivity index (χ1v) is 9.12. The monoisotopic (exact) mass is 383 g/mol. The summed E-state index contributed by atoms with van der Waals surface area (Å²) in [7, 11) is 0. The molecule has 0 spiro atoms. The SMILES string of the molecule is CCOc1ccc(-c2n[nH]c(=S)n2CCC(=O)NCc2cccnc2)cc1. The van der Waals surface area contributed by atoms with Gasteiger partial charge in [0.05, 0.1) is 6.61 Å². The molecule has 0 aliphatic rings. The second kappa shape index (κ2) is 9.09. The lowest BCUT2D eigenvalue weighted by molar-refractivity contribution is -0.121. The number of hydrogen-bond donors (Lipinski definition) is 2. The van der Waals surface area contributed by atoms with Gasteiger partial charge >= 0.3 is 0 Å². The van der Waals surface area contributed by atoms with Crippen molar-refractivity contribution in [1.82, 2.24) is 25.1 Å². The van der Waals surface area contributed by atoms with E-state index in [9.17, 15) is 4.79 Å². The fourth-order valence-electron chi connectivity index (χ4n) is 2.62. The third-order valence-electron chi connectivity index (χ3n) is 3.96. The van der Waals surface area contributed by atoms with E-state index in [0.29, 0.717) is 36.7 Å². The third kappa shape index (κ3) is 5.01. The second-order valence-corrected chi connectivity index (χ2v) is 6.24. The highest BCUT2D eigenvalue weighted by Crippen LogP contribution is 2.21. The molecule has 0 bridgehead atoms. The summed E-state index contributed by atoms with van der Waals surface area (Å²) in [5, 5.41) is 9.99. The van der Waals surface area contributed by atoms with Crippen LogP contribution in [0, 0.1) is 4.77 Å². The highest BCUT2D eigenvalue weighted by atomic mass is 32.1. The molecule has 0 unspecified atom stereocenters. The summed E-state index contributed by atoms with van der Waals surface area (Å²) >= 11 is 5.31. The van der Waals surface area contributed by atoms with E-state index in [2.05, 4.69) is 20.5 Å². The van der Waals surface area contributed by atoms with E-state index >= 15 is 0 Å². The first kappa shape index (κ1) is 18.8. The molecule has 0 aliphatic carbocycles. The van der Waals surface area contributed by atoms with Crippen molar-refractivity contribution >= 4 is 18.1 Å². The Morgan fingerprint density at radius 1 is 1.30 bits per heavy atom. The van der Waals surface area contributed by atoms with Gasteiger partial charge in [0.25, 0.3) is 0 Å². The molecule has 0 radical (unpaired) electrons. The number of ether oxygens (including phenoxy) is 1. The molecular weight excluding hydrogens is 362 g/mol. The van der Waals surface area contributed by atoms with Crippen molar-refractivity contribution in [1.29, 1.82) is 0 Å². The summed E-state index contributed by atoms with van der Waals surface area (Å²) in [4.78, 5) is 16.2. The molecule has 1 aromatic carbocycles. The molecule has 7 nitrogen and oxygen atoms in total. The number of benzene rings is 1. The Kier molecular flexibility index (Phi) is 6.32. The zero-order valence-electron chi connectivity index (χ0n) is 15.0. The smallest absolute Gasteiger partial charge is 0.222 e. The number of nitrogens with zero attached hydrogens (tertiary/aromatic N) is 3. The topological polar surface area (TPSA) is 84.8 Å². The van der Waals surface area contributed by atoms with Crippen LogP contribution in [-0.2, 0) is 17.9 Å². The molecule has 0 fully saturated rings. The van der Waals surface area contributed by atoms with Crippen LogP contribution in [0.5, 0.6) is 5.75 Å². The van der Waals surface area contributed by atoms with Gasteiger partial charge in [0.2, 0.25) is 5.91 Å². The maximum Gasteiger partial charge on any atom is 0.222 e. The molecule has 1 amide bonds. The number of aromatic amines is 1. The average molecular weight is 383 g/mol. The molecule has 3 aromatic rings. The van der Waals surface area contributed by atoms with E-state index in [1.165, 1.54) is 0 Å². The molecular formula is C19H21N5O2S. The summed E-state index contributed by atoms with van der Waals surface area (Å²) in [5.41, 5.74) is 1.86. The lowest BCUT2D eigenvalue weighted by Crippen LogP contribution is -2.24. The van der Waals surface area contributed by atoms with Gasteiger partial charge in [0.1, 0.15) is 5.75 Å². The number of amides is 1. The highest BCUT2D eigenvalue weighted by molar-refractivity contribution is 7.71. The molecule has 0 saturated carbocycles. The zero-order chi connectivity index (χ0) is 19.1. The van der Waals surface area contributed by atoms with Gasteiger partial charge < -0.3 is 10.1 Å². The van der Waals surface area contributed by atoms with Crippen molar-refractivity contribution in [2.45, 2.75) is 26.4 Å². The summed E-state index contributed by atoms with van der Waals surface area (Å²) in [5.74, 6) is 1.44. The maximum absolute atomic E-state index is 12.2. The van der Waals surface area contributed by atoms with E-state index in [1.807, 2.05) is 47.9 Å². The molecule has 8 heteroatoms. The Balaban J connectivity index is 1.62. The van der Waals surface area contributed by atoms with Crippen molar-refractivity contribution < 1.29 is 9.53 Å². The number of pyridine rings is 1. The number of carbonyl (C=O) groups excluding carboxylic acids is 1. The molecule has 0 atom stereocenters.